The highest BCUT2D eigenvalue weighted by molar-refractivity contribution is 6.04. The lowest BCUT2D eigenvalue weighted by Crippen LogP contribution is -2.13. The third-order valence-electron chi connectivity index (χ3n) is 2.10. The van der Waals surface area contributed by atoms with Crippen molar-refractivity contribution in [1.29, 1.82) is 0 Å². The zero-order valence-corrected chi connectivity index (χ0v) is 8.33. The molecule has 1 aromatic heterocycles. The molecule has 2 rings (SSSR count). The topological polar surface area (TPSA) is 70.9 Å². The van der Waals surface area contributed by atoms with Crippen LogP contribution in [-0.4, -0.2) is 10.9 Å². The summed E-state index contributed by atoms with van der Waals surface area (Å²) in [7, 11) is 0. The number of hydrogen-bond acceptors (Lipinski definition) is 2. The van der Waals surface area contributed by atoms with E-state index in [-0.39, 0.29) is 11.6 Å². The molecule has 5 heteroatoms. The highest BCUT2D eigenvalue weighted by atomic mass is 19.1. The maximum atomic E-state index is 12.8. The number of rotatable bonds is 2. The van der Waals surface area contributed by atoms with E-state index in [4.69, 9.17) is 5.73 Å². The third-order valence-corrected chi connectivity index (χ3v) is 2.10. The number of aromatic nitrogens is 1. The number of carbonyl (C=O) groups is 1. The minimum Gasteiger partial charge on any atom is -0.397 e. The Morgan fingerprint density at radius 2 is 2.19 bits per heavy atom. The molecule has 0 saturated carbocycles. The average molecular weight is 219 g/mol. The van der Waals surface area contributed by atoms with Crippen LogP contribution in [0.15, 0.2) is 36.5 Å². The molecule has 1 heterocycles. The Bertz CT molecular complexity index is 508. The van der Waals surface area contributed by atoms with Gasteiger partial charge in [0.15, 0.2) is 0 Å². The molecule has 4 N–H and O–H groups in total. The summed E-state index contributed by atoms with van der Waals surface area (Å²) < 4.78 is 12.8. The zero-order chi connectivity index (χ0) is 11.5. The highest BCUT2D eigenvalue weighted by Gasteiger charge is 2.08. The summed E-state index contributed by atoms with van der Waals surface area (Å²) >= 11 is 0. The van der Waals surface area contributed by atoms with Crippen LogP contribution in [0.25, 0.3) is 0 Å². The number of H-pyrrole nitrogens is 1. The first-order chi connectivity index (χ1) is 7.66. The van der Waals surface area contributed by atoms with Crippen LogP contribution in [0.5, 0.6) is 0 Å². The third kappa shape index (κ3) is 2.03. The number of hydrogen-bond donors (Lipinski definition) is 3. The van der Waals surface area contributed by atoms with Crippen molar-refractivity contribution in [2.45, 2.75) is 0 Å². The van der Waals surface area contributed by atoms with Crippen molar-refractivity contribution in [2.24, 2.45) is 0 Å². The van der Waals surface area contributed by atoms with Crippen molar-refractivity contribution < 1.29 is 9.18 Å². The number of aromatic amines is 1. The number of nitrogens with one attached hydrogen (secondary N) is 2. The first kappa shape index (κ1) is 10.2. The van der Waals surface area contributed by atoms with Gasteiger partial charge in [-0.25, -0.2) is 4.39 Å². The Kier molecular flexibility index (Phi) is 2.59. The molecule has 16 heavy (non-hydrogen) atoms. The van der Waals surface area contributed by atoms with Gasteiger partial charge in [-0.2, -0.15) is 0 Å². The number of carbonyl (C=O) groups excluding carboxylic acids is 1. The maximum Gasteiger partial charge on any atom is 0.272 e. The SMILES string of the molecule is Nc1cc(F)ccc1NC(=O)c1ccc[nH]1. The number of nitrogens with two attached hydrogens (primary N) is 1. The normalized spacial score (nSPS) is 10.1. The van der Waals surface area contributed by atoms with Gasteiger partial charge in [0, 0.05) is 6.20 Å². The van der Waals surface area contributed by atoms with Gasteiger partial charge < -0.3 is 16.0 Å². The van der Waals surface area contributed by atoms with Crippen LogP contribution in [0, 0.1) is 5.82 Å². The van der Waals surface area contributed by atoms with E-state index in [1.807, 2.05) is 0 Å². The predicted octanol–water partition coefficient (Wildman–Crippen LogP) is 1.99. The van der Waals surface area contributed by atoms with Gasteiger partial charge in [0.2, 0.25) is 0 Å². The van der Waals surface area contributed by atoms with Crippen molar-refractivity contribution in [3.8, 4) is 0 Å². The van der Waals surface area contributed by atoms with E-state index in [1.165, 1.54) is 12.1 Å². The van der Waals surface area contributed by atoms with E-state index >= 15 is 0 Å². The number of halogens is 1. The molecule has 0 saturated heterocycles. The van der Waals surface area contributed by atoms with Crippen LogP contribution < -0.4 is 11.1 Å². The summed E-state index contributed by atoms with van der Waals surface area (Å²) in [6.45, 7) is 0. The second-order valence-corrected chi connectivity index (χ2v) is 3.27. The summed E-state index contributed by atoms with van der Waals surface area (Å²) in [5, 5.41) is 2.58. The van der Waals surface area contributed by atoms with Gasteiger partial charge in [-0.3, -0.25) is 4.79 Å². The molecule has 0 aliphatic heterocycles. The Morgan fingerprint density at radius 3 is 2.81 bits per heavy atom. The molecule has 0 atom stereocenters. The van der Waals surface area contributed by atoms with Gasteiger partial charge in [0.25, 0.3) is 5.91 Å². The van der Waals surface area contributed by atoms with E-state index in [9.17, 15) is 9.18 Å². The lowest BCUT2D eigenvalue weighted by molar-refractivity contribution is 0.102. The van der Waals surface area contributed by atoms with E-state index in [0.717, 1.165) is 6.07 Å². The summed E-state index contributed by atoms with van der Waals surface area (Å²) in [4.78, 5) is 14.4. The Balaban J connectivity index is 2.18. The molecule has 4 nitrogen and oxygen atoms in total. The van der Waals surface area contributed by atoms with Crippen LogP contribution >= 0.6 is 0 Å². The Labute approximate surface area is 91.3 Å². The van der Waals surface area contributed by atoms with E-state index < -0.39 is 5.82 Å². The van der Waals surface area contributed by atoms with E-state index in [1.54, 1.807) is 18.3 Å². The summed E-state index contributed by atoms with van der Waals surface area (Å²) in [6.07, 6.45) is 1.64. The molecule has 1 aromatic carbocycles. The summed E-state index contributed by atoms with van der Waals surface area (Å²) in [6, 6.07) is 7.16. The first-order valence-corrected chi connectivity index (χ1v) is 4.66. The van der Waals surface area contributed by atoms with Crippen LogP contribution in [0.2, 0.25) is 0 Å². The fourth-order valence-corrected chi connectivity index (χ4v) is 1.31. The molecule has 0 aliphatic carbocycles. The lowest BCUT2D eigenvalue weighted by atomic mass is 10.2. The molecule has 0 radical (unpaired) electrons. The minimum atomic E-state index is -0.435. The van der Waals surface area contributed by atoms with Crippen LogP contribution in [0.4, 0.5) is 15.8 Å². The van der Waals surface area contributed by atoms with Crippen molar-refractivity contribution in [3.05, 3.63) is 48.0 Å². The van der Waals surface area contributed by atoms with Gasteiger partial charge in [-0.15, -0.1) is 0 Å². The molecule has 0 aliphatic rings. The highest BCUT2D eigenvalue weighted by Crippen LogP contribution is 2.19. The van der Waals surface area contributed by atoms with Gasteiger partial charge in [-0.1, -0.05) is 0 Å². The van der Waals surface area contributed by atoms with Crippen molar-refractivity contribution in [1.82, 2.24) is 4.98 Å². The molecule has 82 valence electrons. The Morgan fingerprint density at radius 1 is 1.38 bits per heavy atom. The zero-order valence-electron chi connectivity index (χ0n) is 8.33. The van der Waals surface area contributed by atoms with Crippen LogP contribution in [0.3, 0.4) is 0 Å². The minimum absolute atomic E-state index is 0.194. The number of benzene rings is 1. The average Bonchev–Trinajstić information content (AvgIpc) is 2.75. The second kappa shape index (κ2) is 4.06. The van der Waals surface area contributed by atoms with Crippen molar-refractivity contribution >= 4 is 17.3 Å². The van der Waals surface area contributed by atoms with Crippen LogP contribution in [-0.2, 0) is 0 Å². The number of anilines is 2. The molecule has 0 bridgehead atoms. The molecule has 1 amide bonds. The van der Waals surface area contributed by atoms with Crippen molar-refractivity contribution in [2.75, 3.05) is 11.1 Å². The van der Waals surface area contributed by atoms with Crippen LogP contribution in [0.1, 0.15) is 10.5 Å². The van der Waals surface area contributed by atoms with Gasteiger partial charge >= 0.3 is 0 Å². The predicted molar refractivity (Wildman–Crippen MR) is 59.6 cm³/mol. The van der Waals surface area contributed by atoms with E-state index in [2.05, 4.69) is 10.3 Å². The summed E-state index contributed by atoms with van der Waals surface area (Å²) in [5.74, 6) is -0.751. The number of amides is 1. The monoisotopic (exact) mass is 219 g/mol. The molecular formula is C11H10FN3O. The first-order valence-electron chi connectivity index (χ1n) is 4.66. The molecule has 0 spiro atoms. The largest absolute Gasteiger partial charge is 0.397 e. The quantitative estimate of drug-likeness (QED) is 0.676. The molecule has 0 unspecified atom stereocenters. The second-order valence-electron chi connectivity index (χ2n) is 3.27. The number of nitrogen functional groups attached to an aromatic ring is 1. The lowest BCUT2D eigenvalue weighted by Gasteiger charge is -2.06. The Hall–Kier alpha value is -2.30. The fraction of sp³-hybridized carbons (Fsp3) is 0. The molecule has 0 fully saturated rings. The summed E-state index contributed by atoms with van der Waals surface area (Å²) in [5.41, 5.74) is 6.56. The van der Waals surface area contributed by atoms with Crippen molar-refractivity contribution in [3.63, 3.8) is 0 Å². The molecular weight excluding hydrogens is 209 g/mol. The maximum absolute atomic E-state index is 12.8. The van der Waals surface area contributed by atoms with Gasteiger partial charge in [-0.05, 0) is 30.3 Å². The van der Waals surface area contributed by atoms with E-state index in [0.29, 0.717) is 11.4 Å². The fourth-order valence-electron chi connectivity index (χ4n) is 1.31. The standard InChI is InChI=1S/C11H10FN3O/c12-7-3-4-9(8(13)6-7)15-11(16)10-2-1-5-14-10/h1-6,14H,13H2,(H,15,16). The van der Waals surface area contributed by atoms with Gasteiger partial charge in [0.1, 0.15) is 11.5 Å². The molecule has 2 aromatic rings. The van der Waals surface area contributed by atoms with Gasteiger partial charge in [0.05, 0.1) is 11.4 Å². The smallest absolute Gasteiger partial charge is 0.272 e.